The summed E-state index contributed by atoms with van der Waals surface area (Å²) in [6.45, 7) is 9.83. The number of hydrogen-bond donors (Lipinski definition) is 1. The van der Waals surface area contributed by atoms with E-state index in [4.69, 9.17) is 4.42 Å². The van der Waals surface area contributed by atoms with Crippen molar-refractivity contribution in [3.05, 3.63) is 58.5 Å². The lowest BCUT2D eigenvalue weighted by Gasteiger charge is -2.23. The first-order valence-electron chi connectivity index (χ1n) is 7.44. The molecule has 0 aliphatic carbocycles. The van der Waals surface area contributed by atoms with E-state index in [1.807, 2.05) is 6.26 Å². The van der Waals surface area contributed by atoms with Gasteiger partial charge < -0.3 is 9.73 Å². The van der Waals surface area contributed by atoms with Crippen LogP contribution in [0, 0.1) is 20.8 Å². The predicted molar refractivity (Wildman–Crippen MR) is 84.1 cm³/mol. The van der Waals surface area contributed by atoms with Crippen LogP contribution in [0.15, 0.2) is 35.1 Å². The molecular formula is C18H25NO. The van der Waals surface area contributed by atoms with Gasteiger partial charge in [0.15, 0.2) is 0 Å². The molecule has 0 bridgehead atoms. The Balaban J connectivity index is 2.30. The van der Waals surface area contributed by atoms with Gasteiger partial charge in [-0.1, -0.05) is 24.6 Å². The lowest BCUT2D eigenvalue weighted by atomic mass is 9.91. The Labute approximate surface area is 122 Å². The molecular weight excluding hydrogens is 246 g/mol. The third kappa shape index (κ3) is 3.51. The van der Waals surface area contributed by atoms with Crippen molar-refractivity contribution in [3.63, 3.8) is 0 Å². The van der Waals surface area contributed by atoms with Crippen LogP contribution in [0.2, 0.25) is 0 Å². The average molecular weight is 271 g/mol. The Morgan fingerprint density at radius 1 is 1.15 bits per heavy atom. The summed E-state index contributed by atoms with van der Waals surface area (Å²) in [5, 5.41) is 3.68. The number of rotatable bonds is 6. The van der Waals surface area contributed by atoms with E-state index in [0.29, 0.717) is 6.04 Å². The Hall–Kier alpha value is -1.54. The molecule has 0 radical (unpaired) electrons. The van der Waals surface area contributed by atoms with Gasteiger partial charge in [-0.3, -0.25) is 0 Å². The molecule has 20 heavy (non-hydrogen) atoms. The van der Waals surface area contributed by atoms with Gasteiger partial charge in [0.05, 0.1) is 12.5 Å². The zero-order valence-corrected chi connectivity index (χ0v) is 13.0. The van der Waals surface area contributed by atoms with Gasteiger partial charge in [-0.05, 0) is 68.5 Å². The van der Waals surface area contributed by atoms with Crippen LogP contribution < -0.4 is 5.32 Å². The smallest absolute Gasteiger partial charge is 0.0935 e. The number of hydrogen-bond acceptors (Lipinski definition) is 2. The average Bonchev–Trinajstić information content (AvgIpc) is 2.87. The molecule has 2 nitrogen and oxygen atoms in total. The molecule has 0 amide bonds. The molecule has 1 aromatic heterocycles. The summed E-state index contributed by atoms with van der Waals surface area (Å²) < 4.78 is 5.21. The largest absolute Gasteiger partial charge is 0.472 e. The number of aryl methyl sites for hydroxylation is 3. The first-order valence-corrected chi connectivity index (χ1v) is 7.44. The maximum Gasteiger partial charge on any atom is 0.0935 e. The molecule has 0 fully saturated rings. The van der Waals surface area contributed by atoms with Crippen molar-refractivity contribution < 1.29 is 4.42 Å². The molecule has 0 saturated heterocycles. The molecule has 2 heteroatoms. The molecule has 2 aromatic rings. The van der Waals surface area contributed by atoms with Gasteiger partial charge in [-0.15, -0.1) is 0 Å². The summed E-state index contributed by atoms with van der Waals surface area (Å²) in [5.74, 6) is 0. The second kappa shape index (κ2) is 6.76. The summed E-state index contributed by atoms with van der Waals surface area (Å²) in [6, 6.07) is 6.96. The summed E-state index contributed by atoms with van der Waals surface area (Å²) in [5.41, 5.74) is 6.77. The SMILES string of the molecule is CCCNC(Cc1ccoc1)c1c(C)cc(C)cc1C. The van der Waals surface area contributed by atoms with Crippen LogP contribution in [0.25, 0.3) is 0 Å². The lowest BCUT2D eigenvalue weighted by molar-refractivity contribution is 0.517. The molecule has 2 rings (SSSR count). The van der Waals surface area contributed by atoms with Gasteiger partial charge in [-0.2, -0.15) is 0 Å². The standard InChI is InChI=1S/C18H25NO/c1-5-7-19-17(11-16-6-8-20-12-16)18-14(3)9-13(2)10-15(18)4/h6,8-10,12,17,19H,5,7,11H2,1-4H3. The van der Waals surface area contributed by atoms with Gasteiger partial charge in [0.2, 0.25) is 0 Å². The van der Waals surface area contributed by atoms with Crippen LogP contribution in [0.3, 0.4) is 0 Å². The molecule has 1 atom stereocenters. The minimum atomic E-state index is 0.355. The zero-order chi connectivity index (χ0) is 14.5. The lowest BCUT2D eigenvalue weighted by Crippen LogP contribution is -2.25. The molecule has 1 unspecified atom stereocenters. The monoisotopic (exact) mass is 271 g/mol. The Morgan fingerprint density at radius 2 is 1.85 bits per heavy atom. The van der Waals surface area contributed by atoms with Gasteiger partial charge in [0.25, 0.3) is 0 Å². The topological polar surface area (TPSA) is 25.2 Å². The van der Waals surface area contributed by atoms with Gasteiger partial charge in [-0.25, -0.2) is 0 Å². The normalized spacial score (nSPS) is 12.6. The van der Waals surface area contributed by atoms with Crippen molar-refractivity contribution in [2.24, 2.45) is 0 Å². The molecule has 1 aromatic carbocycles. The highest BCUT2D eigenvalue weighted by atomic mass is 16.3. The minimum Gasteiger partial charge on any atom is -0.472 e. The highest BCUT2D eigenvalue weighted by Crippen LogP contribution is 2.26. The van der Waals surface area contributed by atoms with E-state index in [1.54, 1.807) is 6.26 Å². The van der Waals surface area contributed by atoms with Crippen molar-refractivity contribution in [1.82, 2.24) is 5.32 Å². The maximum absolute atomic E-state index is 5.21. The summed E-state index contributed by atoms with van der Waals surface area (Å²) in [6.07, 6.45) is 5.72. The van der Waals surface area contributed by atoms with Crippen LogP contribution in [0.4, 0.5) is 0 Å². The van der Waals surface area contributed by atoms with Crippen LogP contribution in [0.1, 0.15) is 47.2 Å². The summed E-state index contributed by atoms with van der Waals surface area (Å²) >= 11 is 0. The fourth-order valence-electron chi connectivity index (χ4n) is 2.98. The van der Waals surface area contributed by atoms with E-state index >= 15 is 0 Å². The minimum absolute atomic E-state index is 0.355. The third-order valence-electron chi connectivity index (χ3n) is 3.75. The maximum atomic E-state index is 5.21. The van der Waals surface area contributed by atoms with Crippen LogP contribution in [-0.4, -0.2) is 6.54 Å². The zero-order valence-electron chi connectivity index (χ0n) is 13.0. The first kappa shape index (κ1) is 14.9. The molecule has 0 saturated carbocycles. The van der Waals surface area contributed by atoms with Gasteiger partial charge in [0, 0.05) is 6.04 Å². The number of benzene rings is 1. The van der Waals surface area contributed by atoms with E-state index in [1.165, 1.54) is 27.8 Å². The number of nitrogens with one attached hydrogen (secondary N) is 1. The van der Waals surface area contributed by atoms with E-state index in [-0.39, 0.29) is 0 Å². The summed E-state index contributed by atoms with van der Waals surface area (Å²) in [4.78, 5) is 0. The van der Waals surface area contributed by atoms with Crippen molar-refractivity contribution >= 4 is 0 Å². The van der Waals surface area contributed by atoms with Crippen LogP contribution in [-0.2, 0) is 6.42 Å². The molecule has 108 valence electrons. The van der Waals surface area contributed by atoms with Crippen LogP contribution >= 0.6 is 0 Å². The quantitative estimate of drug-likeness (QED) is 0.837. The van der Waals surface area contributed by atoms with E-state index < -0.39 is 0 Å². The van der Waals surface area contributed by atoms with E-state index in [2.05, 4.69) is 51.2 Å². The first-order chi connectivity index (χ1) is 9.61. The Bertz CT molecular complexity index is 520. The molecule has 1 N–H and O–H groups in total. The molecule has 0 aliphatic heterocycles. The van der Waals surface area contributed by atoms with Crippen molar-refractivity contribution in [3.8, 4) is 0 Å². The van der Waals surface area contributed by atoms with E-state index in [9.17, 15) is 0 Å². The predicted octanol–water partition coefficient (Wildman–Crippen LogP) is 4.49. The Kier molecular flexibility index (Phi) is 5.02. The Morgan fingerprint density at radius 3 is 2.40 bits per heavy atom. The fourth-order valence-corrected chi connectivity index (χ4v) is 2.98. The van der Waals surface area contributed by atoms with Crippen molar-refractivity contribution in [1.29, 1.82) is 0 Å². The van der Waals surface area contributed by atoms with E-state index in [0.717, 1.165) is 19.4 Å². The second-order valence-corrected chi connectivity index (χ2v) is 5.65. The highest BCUT2D eigenvalue weighted by molar-refractivity contribution is 5.40. The van der Waals surface area contributed by atoms with Gasteiger partial charge >= 0.3 is 0 Å². The van der Waals surface area contributed by atoms with Crippen LogP contribution in [0.5, 0.6) is 0 Å². The van der Waals surface area contributed by atoms with Gasteiger partial charge in [0.1, 0.15) is 0 Å². The molecule has 1 heterocycles. The highest BCUT2D eigenvalue weighted by Gasteiger charge is 2.17. The number of furan rings is 1. The summed E-state index contributed by atoms with van der Waals surface area (Å²) in [7, 11) is 0. The van der Waals surface area contributed by atoms with Crippen molar-refractivity contribution in [2.75, 3.05) is 6.54 Å². The fraction of sp³-hybridized carbons (Fsp3) is 0.444. The van der Waals surface area contributed by atoms with Crippen molar-refractivity contribution in [2.45, 2.75) is 46.6 Å². The third-order valence-corrected chi connectivity index (χ3v) is 3.75. The second-order valence-electron chi connectivity index (χ2n) is 5.65. The molecule has 0 spiro atoms. The molecule has 0 aliphatic rings.